The lowest BCUT2D eigenvalue weighted by molar-refractivity contribution is -0.163. The average molecular weight is 280 g/mol. The number of alkyl halides is 3. The highest BCUT2D eigenvalue weighted by molar-refractivity contribution is 6.33. The number of amides is 1. The van der Waals surface area contributed by atoms with Crippen LogP contribution in [0.15, 0.2) is 12.1 Å². The van der Waals surface area contributed by atoms with Crippen molar-refractivity contribution in [2.24, 2.45) is 0 Å². The highest BCUT2D eigenvalue weighted by Crippen LogP contribution is 2.49. The minimum absolute atomic E-state index is 0.0152. The maximum Gasteiger partial charge on any atom is 0.411 e. The summed E-state index contributed by atoms with van der Waals surface area (Å²) in [6.07, 6.45) is -4.75. The predicted octanol–water partition coefficient (Wildman–Crippen LogP) is 2.14. The molecular formula is C10H9ClF3N3O. The Morgan fingerprint density at radius 3 is 2.56 bits per heavy atom. The average Bonchev–Trinajstić information content (AvgIpc) is 3.01. The molecule has 1 aliphatic rings. The van der Waals surface area contributed by atoms with Gasteiger partial charge in [-0.3, -0.25) is 4.79 Å². The Balaban J connectivity index is 2.21. The lowest BCUT2D eigenvalue weighted by Gasteiger charge is -2.20. The van der Waals surface area contributed by atoms with Crippen molar-refractivity contribution in [2.75, 3.05) is 5.73 Å². The van der Waals surface area contributed by atoms with Crippen LogP contribution in [0.2, 0.25) is 5.02 Å². The summed E-state index contributed by atoms with van der Waals surface area (Å²) in [5, 5.41) is 1.88. The Bertz CT molecular complexity index is 500. The van der Waals surface area contributed by atoms with Crippen molar-refractivity contribution in [3.05, 3.63) is 22.8 Å². The summed E-state index contributed by atoms with van der Waals surface area (Å²) in [7, 11) is 0. The van der Waals surface area contributed by atoms with Crippen LogP contribution in [-0.2, 0) is 0 Å². The molecule has 8 heteroatoms. The zero-order chi connectivity index (χ0) is 13.6. The number of rotatable bonds is 2. The normalized spacial score (nSPS) is 17.3. The van der Waals surface area contributed by atoms with Crippen molar-refractivity contribution < 1.29 is 18.0 Å². The number of nitrogen functional groups attached to an aromatic ring is 1. The van der Waals surface area contributed by atoms with E-state index in [9.17, 15) is 18.0 Å². The summed E-state index contributed by atoms with van der Waals surface area (Å²) >= 11 is 5.69. The zero-order valence-corrected chi connectivity index (χ0v) is 9.77. The fourth-order valence-electron chi connectivity index (χ4n) is 1.50. The highest BCUT2D eigenvalue weighted by Gasteiger charge is 2.64. The third-order valence-corrected chi connectivity index (χ3v) is 3.03. The van der Waals surface area contributed by atoms with Crippen LogP contribution >= 0.6 is 11.6 Å². The van der Waals surface area contributed by atoms with Crippen LogP contribution in [-0.4, -0.2) is 22.6 Å². The van der Waals surface area contributed by atoms with Crippen LogP contribution in [0.25, 0.3) is 0 Å². The Kier molecular flexibility index (Phi) is 2.89. The van der Waals surface area contributed by atoms with E-state index in [2.05, 4.69) is 4.98 Å². The van der Waals surface area contributed by atoms with Crippen molar-refractivity contribution in [3.63, 3.8) is 0 Å². The van der Waals surface area contributed by atoms with E-state index in [1.54, 1.807) is 0 Å². The summed E-state index contributed by atoms with van der Waals surface area (Å²) < 4.78 is 38.0. The molecule has 1 aromatic rings. The van der Waals surface area contributed by atoms with Gasteiger partial charge in [-0.2, -0.15) is 13.2 Å². The van der Waals surface area contributed by atoms with Gasteiger partial charge in [0.1, 0.15) is 17.1 Å². The first-order chi connectivity index (χ1) is 8.25. The van der Waals surface area contributed by atoms with E-state index in [-0.39, 0.29) is 29.4 Å². The molecule has 0 aliphatic heterocycles. The number of nitrogens with zero attached hydrogens (tertiary/aromatic N) is 1. The molecule has 98 valence electrons. The van der Waals surface area contributed by atoms with E-state index < -0.39 is 17.6 Å². The second kappa shape index (κ2) is 4.01. The van der Waals surface area contributed by atoms with Gasteiger partial charge >= 0.3 is 6.18 Å². The molecular weight excluding hydrogens is 271 g/mol. The van der Waals surface area contributed by atoms with Crippen LogP contribution in [0.1, 0.15) is 23.3 Å². The number of hydrogen-bond acceptors (Lipinski definition) is 3. The van der Waals surface area contributed by atoms with Crippen LogP contribution in [0, 0.1) is 0 Å². The summed E-state index contributed by atoms with van der Waals surface area (Å²) in [5.74, 6) is -0.955. The fourth-order valence-corrected chi connectivity index (χ4v) is 1.69. The van der Waals surface area contributed by atoms with E-state index in [0.29, 0.717) is 0 Å². The first-order valence-corrected chi connectivity index (χ1v) is 5.44. The van der Waals surface area contributed by atoms with Crippen molar-refractivity contribution >= 4 is 23.3 Å². The van der Waals surface area contributed by atoms with Crippen molar-refractivity contribution in [3.8, 4) is 0 Å². The van der Waals surface area contributed by atoms with Gasteiger partial charge in [0.15, 0.2) is 0 Å². The van der Waals surface area contributed by atoms with Gasteiger partial charge in [-0.05, 0) is 25.0 Å². The van der Waals surface area contributed by atoms with Crippen LogP contribution < -0.4 is 11.1 Å². The quantitative estimate of drug-likeness (QED) is 0.871. The summed E-state index contributed by atoms with van der Waals surface area (Å²) in [6.45, 7) is 0. The maximum absolute atomic E-state index is 12.7. The van der Waals surface area contributed by atoms with E-state index in [1.165, 1.54) is 12.1 Å². The molecule has 0 atom stereocenters. The van der Waals surface area contributed by atoms with Gasteiger partial charge in [-0.15, -0.1) is 0 Å². The Morgan fingerprint density at radius 2 is 2.06 bits per heavy atom. The minimum Gasteiger partial charge on any atom is -0.384 e. The second-order valence-corrected chi connectivity index (χ2v) is 4.51. The molecule has 0 unspecified atom stereocenters. The number of aromatic nitrogens is 1. The number of carbonyl (C=O) groups is 1. The maximum atomic E-state index is 12.7. The van der Waals surface area contributed by atoms with E-state index in [1.807, 2.05) is 5.32 Å². The SMILES string of the molecule is Nc1ccc(Cl)c(C(=O)NC2(C(F)(F)F)CC2)n1. The number of nitrogens with one attached hydrogen (secondary N) is 1. The standard InChI is InChI=1S/C10H9ClF3N3O/c11-5-1-2-6(15)16-7(5)8(18)17-9(3-4-9)10(12,13)14/h1-2H,3-4H2,(H2,15,16)(H,17,18). The van der Waals surface area contributed by atoms with Gasteiger partial charge in [0.25, 0.3) is 5.91 Å². The molecule has 1 aromatic heterocycles. The number of nitrogens with two attached hydrogens (primary N) is 1. The van der Waals surface area contributed by atoms with E-state index in [4.69, 9.17) is 17.3 Å². The number of hydrogen-bond donors (Lipinski definition) is 2. The van der Waals surface area contributed by atoms with E-state index in [0.717, 1.165) is 0 Å². The van der Waals surface area contributed by atoms with Gasteiger partial charge in [0.05, 0.1) is 5.02 Å². The number of halogens is 4. The minimum atomic E-state index is -4.48. The van der Waals surface area contributed by atoms with Crippen molar-refractivity contribution in [2.45, 2.75) is 24.6 Å². The molecule has 0 spiro atoms. The van der Waals surface area contributed by atoms with Gasteiger partial charge in [0, 0.05) is 0 Å². The Morgan fingerprint density at radius 1 is 1.44 bits per heavy atom. The molecule has 4 nitrogen and oxygen atoms in total. The lowest BCUT2D eigenvalue weighted by Crippen LogP contribution is -2.48. The fraction of sp³-hybridized carbons (Fsp3) is 0.400. The Hall–Kier alpha value is -1.50. The van der Waals surface area contributed by atoms with Crippen LogP contribution in [0.5, 0.6) is 0 Å². The lowest BCUT2D eigenvalue weighted by atomic mass is 10.2. The van der Waals surface area contributed by atoms with Crippen molar-refractivity contribution in [1.82, 2.24) is 10.3 Å². The molecule has 2 rings (SSSR count). The first-order valence-electron chi connectivity index (χ1n) is 5.06. The third kappa shape index (κ3) is 2.22. The molecule has 0 aromatic carbocycles. The number of carbonyl (C=O) groups excluding carboxylic acids is 1. The summed E-state index contributed by atoms with van der Waals surface area (Å²) in [4.78, 5) is 15.3. The summed E-state index contributed by atoms with van der Waals surface area (Å²) in [6, 6.07) is 2.67. The molecule has 1 aliphatic carbocycles. The predicted molar refractivity (Wildman–Crippen MR) is 59.1 cm³/mol. The molecule has 1 fully saturated rings. The molecule has 1 saturated carbocycles. The first kappa shape index (κ1) is 12.9. The van der Waals surface area contributed by atoms with Gasteiger partial charge in [-0.1, -0.05) is 11.6 Å². The largest absolute Gasteiger partial charge is 0.411 e. The number of pyridine rings is 1. The molecule has 1 amide bonds. The Labute approximate surface area is 105 Å². The molecule has 0 bridgehead atoms. The summed E-state index contributed by atoms with van der Waals surface area (Å²) in [5.41, 5.74) is 2.92. The van der Waals surface area contributed by atoms with E-state index >= 15 is 0 Å². The van der Waals surface area contributed by atoms with Gasteiger partial charge < -0.3 is 11.1 Å². The molecule has 18 heavy (non-hydrogen) atoms. The van der Waals surface area contributed by atoms with Crippen LogP contribution in [0.4, 0.5) is 19.0 Å². The molecule has 0 saturated heterocycles. The number of anilines is 1. The topological polar surface area (TPSA) is 68.0 Å². The van der Waals surface area contributed by atoms with Crippen molar-refractivity contribution in [1.29, 1.82) is 0 Å². The second-order valence-electron chi connectivity index (χ2n) is 4.10. The zero-order valence-electron chi connectivity index (χ0n) is 9.01. The molecule has 0 radical (unpaired) electrons. The smallest absolute Gasteiger partial charge is 0.384 e. The van der Waals surface area contributed by atoms with Crippen LogP contribution in [0.3, 0.4) is 0 Å². The molecule has 1 heterocycles. The monoisotopic (exact) mass is 279 g/mol. The van der Waals surface area contributed by atoms with Gasteiger partial charge in [-0.25, -0.2) is 4.98 Å². The molecule has 3 N–H and O–H groups in total. The highest BCUT2D eigenvalue weighted by atomic mass is 35.5. The third-order valence-electron chi connectivity index (χ3n) is 2.73. The van der Waals surface area contributed by atoms with Gasteiger partial charge in [0.2, 0.25) is 0 Å².